The van der Waals surface area contributed by atoms with Crippen LogP contribution in [0.4, 0.5) is 5.69 Å². The zero-order chi connectivity index (χ0) is 19.4. The molecule has 0 spiro atoms. The quantitative estimate of drug-likeness (QED) is 0.747. The highest BCUT2D eigenvalue weighted by molar-refractivity contribution is 7.90. The maximum Gasteiger partial charge on any atom is 0.314 e. The molecular formula is C18H17N3O5S. The van der Waals surface area contributed by atoms with E-state index in [-0.39, 0.29) is 23.0 Å². The number of carbonyl (C=O) groups is 2. The van der Waals surface area contributed by atoms with Crippen LogP contribution >= 0.6 is 0 Å². The number of para-hydroxylation sites is 1. The van der Waals surface area contributed by atoms with Crippen LogP contribution in [0.2, 0.25) is 0 Å². The third-order valence-electron chi connectivity index (χ3n) is 4.00. The first-order chi connectivity index (χ1) is 12.9. The fraction of sp³-hybridized carbons (Fsp3) is 0.167. The molecule has 0 aliphatic carbocycles. The Hall–Kier alpha value is -3.20. The Balaban J connectivity index is 1.77. The van der Waals surface area contributed by atoms with Crippen molar-refractivity contribution in [1.29, 1.82) is 0 Å². The summed E-state index contributed by atoms with van der Waals surface area (Å²) >= 11 is 0. The third kappa shape index (κ3) is 3.98. The predicted octanol–water partition coefficient (Wildman–Crippen LogP) is 1.27. The number of fused-ring (bicyclic) bond motifs is 1. The second-order valence-electron chi connectivity index (χ2n) is 5.73. The minimum atomic E-state index is -3.97. The van der Waals surface area contributed by atoms with Gasteiger partial charge in [-0.1, -0.05) is 42.5 Å². The number of hydrogen-bond donors (Lipinski definition) is 2. The number of methoxy groups -OCH3 is 1. The van der Waals surface area contributed by atoms with Crippen LogP contribution < -0.4 is 10.6 Å². The highest BCUT2D eigenvalue weighted by Crippen LogP contribution is 2.26. The van der Waals surface area contributed by atoms with E-state index >= 15 is 0 Å². The van der Waals surface area contributed by atoms with Gasteiger partial charge >= 0.3 is 5.97 Å². The molecule has 0 fully saturated rings. The van der Waals surface area contributed by atoms with Crippen LogP contribution in [-0.4, -0.2) is 39.8 Å². The van der Waals surface area contributed by atoms with Crippen molar-refractivity contribution in [1.82, 2.24) is 5.32 Å². The lowest BCUT2D eigenvalue weighted by molar-refractivity contribution is -0.142. The maximum absolute atomic E-state index is 12.4. The molecule has 1 amide bonds. The van der Waals surface area contributed by atoms with Gasteiger partial charge in [-0.15, -0.1) is 4.40 Å². The van der Waals surface area contributed by atoms with Crippen molar-refractivity contribution < 1.29 is 22.7 Å². The number of nitrogens with one attached hydrogen (secondary N) is 2. The first-order valence-electron chi connectivity index (χ1n) is 8.04. The van der Waals surface area contributed by atoms with E-state index in [2.05, 4.69) is 15.0 Å². The van der Waals surface area contributed by atoms with Crippen LogP contribution in [0.5, 0.6) is 0 Å². The summed E-state index contributed by atoms with van der Waals surface area (Å²) in [5.74, 6) is -2.34. The number of carbonyl (C=O) groups excluding carboxylic acids is 2. The van der Waals surface area contributed by atoms with Gasteiger partial charge in [0, 0.05) is 6.54 Å². The Morgan fingerprint density at radius 3 is 2.48 bits per heavy atom. The number of anilines is 1. The normalized spacial score (nSPS) is 15.5. The van der Waals surface area contributed by atoms with Crippen molar-refractivity contribution in [2.45, 2.75) is 10.8 Å². The second-order valence-corrected chi connectivity index (χ2v) is 7.31. The number of amides is 1. The number of ether oxygens (including phenoxy) is 1. The van der Waals surface area contributed by atoms with E-state index in [1.807, 2.05) is 0 Å². The van der Waals surface area contributed by atoms with E-state index in [1.165, 1.54) is 19.2 Å². The van der Waals surface area contributed by atoms with Crippen molar-refractivity contribution >= 4 is 33.4 Å². The lowest BCUT2D eigenvalue weighted by Gasteiger charge is -2.19. The maximum atomic E-state index is 12.4. The lowest BCUT2D eigenvalue weighted by atomic mass is 9.99. The van der Waals surface area contributed by atoms with Gasteiger partial charge in [-0.25, -0.2) is 0 Å². The van der Waals surface area contributed by atoms with Crippen LogP contribution in [0, 0.1) is 0 Å². The molecule has 1 unspecified atom stereocenters. The highest BCUT2D eigenvalue weighted by atomic mass is 32.2. The van der Waals surface area contributed by atoms with Gasteiger partial charge in [0.05, 0.1) is 18.7 Å². The van der Waals surface area contributed by atoms with E-state index < -0.39 is 27.8 Å². The minimum absolute atomic E-state index is 0.00160. The molecule has 0 aromatic heterocycles. The summed E-state index contributed by atoms with van der Waals surface area (Å²) in [7, 11) is -2.71. The number of rotatable bonds is 5. The summed E-state index contributed by atoms with van der Waals surface area (Å²) < 4.78 is 32.8. The molecule has 0 bridgehead atoms. The molecule has 1 atom stereocenters. The number of nitrogens with zero attached hydrogens (tertiary/aromatic N) is 1. The topological polar surface area (TPSA) is 114 Å². The largest absolute Gasteiger partial charge is 0.468 e. The first kappa shape index (κ1) is 18.6. The first-order valence-corrected chi connectivity index (χ1v) is 9.48. The summed E-state index contributed by atoms with van der Waals surface area (Å²) in [5, 5.41) is 5.24. The van der Waals surface area contributed by atoms with Crippen molar-refractivity contribution in [3.8, 4) is 0 Å². The molecule has 1 heterocycles. The summed E-state index contributed by atoms with van der Waals surface area (Å²) in [5.41, 5.74) is 0.936. The molecule has 1 aliphatic heterocycles. The molecular weight excluding hydrogens is 370 g/mol. The fourth-order valence-corrected chi connectivity index (χ4v) is 3.77. The summed E-state index contributed by atoms with van der Waals surface area (Å²) in [6.07, 6.45) is 0. The molecule has 8 nitrogen and oxygen atoms in total. The van der Waals surface area contributed by atoms with Crippen LogP contribution in [-0.2, 0) is 24.3 Å². The van der Waals surface area contributed by atoms with E-state index in [9.17, 15) is 18.0 Å². The molecule has 9 heteroatoms. The summed E-state index contributed by atoms with van der Waals surface area (Å²) in [4.78, 5) is 24.5. The predicted molar refractivity (Wildman–Crippen MR) is 98.9 cm³/mol. The number of benzene rings is 2. The molecule has 27 heavy (non-hydrogen) atoms. The van der Waals surface area contributed by atoms with Gasteiger partial charge in [0.25, 0.3) is 15.9 Å². The Morgan fingerprint density at radius 1 is 1.11 bits per heavy atom. The van der Waals surface area contributed by atoms with E-state index in [0.29, 0.717) is 5.56 Å². The molecule has 2 aromatic carbocycles. The number of amidine groups is 1. The Labute approximate surface area is 156 Å². The van der Waals surface area contributed by atoms with E-state index in [1.54, 1.807) is 42.5 Å². The van der Waals surface area contributed by atoms with Crippen molar-refractivity contribution in [2.24, 2.45) is 4.40 Å². The summed E-state index contributed by atoms with van der Waals surface area (Å²) in [6, 6.07) is 15.0. The van der Waals surface area contributed by atoms with Crippen molar-refractivity contribution in [3.63, 3.8) is 0 Å². The van der Waals surface area contributed by atoms with E-state index in [4.69, 9.17) is 4.74 Å². The lowest BCUT2D eigenvalue weighted by Crippen LogP contribution is -2.41. The van der Waals surface area contributed by atoms with Gasteiger partial charge < -0.3 is 15.4 Å². The zero-order valence-corrected chi connectivity index (χ0v) is 15.2. The summed E-state index contributed by atoms with van der Waals surface area (Å²) in [6.45, 7) is -0.0715. The Morgan fingerprint density at radius 2 is 1.78 bits per heavy atom. The average molecular weight is 387 g/mol. The zero-order valence-electron chi connectivity index (χ0n) is 14.4. The standard InChI is InChI=1S/C18H17N3O5S/c1-26-18(23)13(12-7-3-2-4-8-12)11-19-17(22)16-20-14-9-5-6-10-15(14)27(24,25)21-16/h2-10,13H,11H2,1H3,(H,19,22)(H,20,21). The van der Waals surface area contributed by atoms with E-state index in [0.717, 1.165) is 0 Å². The molecule has 0 radical (unpaired) electrons. The minimum Gasteiger partial charge on any atom is -0.468 e. The molecule has 3 rings (SSSR count). The number of hydrogen-bond acceptors (Lipinski definition) is 6. The van der Waals surface area contributed by atoms with Gasteiger partial charge in [-0.2, -0.15) is 8.42 Å². The van der Waals surface area contributed by atoms with Crippen LogP contribution in [0.3, 0.4) is 0 Å². The van der Waals surface area contributed by atoms with Crippen LogP contribution in [0.1, 0.15) is 11.5 Å². The molecule has 0 saturated heterocycles. The fourth-order valence-electron chi connectivity index (χ4n) is 2.66. The highest BCUT2D eigenvalue weighted by Gasteiger charge is 2.29. The van der Waals surface area contributed by atoms with Gasteiger partial charge in [0.15, 0.2) is 0 Å². The van der Waals surface area contributed by atoms with Gasteiger partial charge in [-0.05, 0) is 17.7 Å². The molecule has 1 aliphatic rings. The van der Waals surface area contributed by atoms with Gasteiger partial charge in [-0.3, -0.25) is 9.59 Å². The Kier molecular flexibility index (Phi) is 5.22. The van der Waals surface area contributed by atoms with Crippen LogP contribution in [0.25, 0.3) is 0 Å². The van der Waals surface area contributed by atoms with Crippen molar-refractivity contribution in [3.05, 3.63) is 60.2 Å². The number of sulfonamides is 1. The smallest absolute Gasteiger partial charge is 0.314 e. The molecule has 2 N–H and O–H groups in total. The van der Waals surface area contributed by atoms with Gasteiger partial charge in [0.2, 0.25) is 5.84 Å². The molecule has 2 aromatic rings. The average Bonchev–Trinajstić information content (AvgIpc) is 2.68. The second kappa shape index (κ2) is 7.58. The molecule has 140 valence electrons. The van der Waals surface area contributed by atoms with Crippen molar-refractivity contribution in [2.75, 3.05) is 19.0 Å². The SMILES string of the molecule is COC(=O)C(CNC(=O)C1=NS(=O)(=O)c2ccccc2N1)c1ccccc1. The number of esters is 1. The molecule has 0 saturated carbocycles. The van der Waals surface area contributed by atoms with Crippen LogP contribution in [0.15, 0.2) is 63.9 Å². The Bertz CT molecular complexity index is 1000. The monoisotopic (exact) mass is 387 g/mol. The van der Waals surface area contributed by atoms with Gasteiger partial charge in [0.1, 0.15) is 4.90 Å². The third-order valence-corrected chi connectivity index (χ3v) is 5.33.